The molecule has 0 saturated heterocycles. The van der Waals surface area contributed by atoms with Gasteiger partial charge in [0.1, 0.15) is 18.2 Å². The van der Waals surface area contributed by atoms with Crippen LogP contribution in [0.4, 0.5) is 0 Å². The van der Waals surface area contributed by atoms with Crippen LogP contribution >= 0.6 is 0 Å². The topological polar surface area (TPSA) is 56.1 Å². The lowest BCUT2D eigenvalue weighted by Gasteiger charge is -2.20. The molecule has 3 aromatic rings. The number of fused-ring (bicyclic) bond motifs is 1. The van der Waals surface area contributed by atoms with Crippen LogP contribution < -0.4 is 10.1 Å². The molecule has 0 spiro atoms. The fourth-order valence-electron chi connectivity index (χ4n) is 5.08. The number of amides is 1. The highest BCUT2D eigenvalue weighted by molar-refractivity contribution is 5.78. The second kappa shape index (κ2) is 12.8. The number of benzene rings is 2. The fourth-order valence-corrected chi connectivity index (χ4v) is 5.08. The molecular formula is C30H41N3O2. The van der Waals surface area contributed by atoms with Crippen molar-refractivity contribution in [2.75, 3.05) is 13.2 Å². The summed E-state index contributed by atoms with van der Waals surface area (Å²) in [6.07, 6.45) is 9.94. The van der Waals surface area contributed by atoms with E-state index in [1.807, 2.05) is 6.07 Å². The molecule has 1 N–H and O–H groups in total. The number of aryl methyl sites for hydroxylation is 1. The van der Waals surface area contributed by atoms with Crippen molar-refractivity contribution in [3.05, 3.63) is 59.9 Å². The molecule has 4 rings (SSSR count). The second-order valence-electron chi connectivity index (χ2n) is 10.2. The van der Waals surface area contributed by atoms with Gasteiger partial charge < -0.3 is 14.6 Å². The lowest BCUT2D eigenvalue weighted by molar-refractivity contribution is -0.125. The summed E-state index contributed by atoms with van der Waals surface area (Å²) in [6.45, 7) is 6.58. The smallest absolute Gasteiger partial charge is 0.223 e. The van der Waals surface area contributed by atoms with E-state index in [1.54, 1.807) is 0 Å². The molecule has 0 atom stereocenters. The minimum absolute atomic E-state index is 0.249. The van der Waals surface area contributed by atoms with Gasteiger partial charge in [-0.2, -0.15) is 0 Å². The van der Waals surface area contributed by atoms with Crippen molar-refractivity contribution in [3.8, 4) is 5.75 Å². The zero-order valence-electron chi connectivity index (χ0n) is 21.5. The number of hydrogen-bond acceptors (Lipinski definition) is 3. The highest BCUT2D eigenvalue weighted by Gasteiger charge is 2.20. The van der Waals surface area contributed by atoms with Gasteiger partial charge in [0.15, 0.2) is 0 Å². The van der Waals surface area contributed by atoms with Crippen molar-refractivity contribution in [2.24, 2.45) is 5.92 Å². The molecule has 2 aromatic carbocycles. The van der Waals surface area contributed by atoms with Gasteiger partial charge >= 0.3 is 0 Å². The average molecular weight is 476 g/mol. The maximum absolute atomic E-state index is 12.3. The molecule has 5 nitrogen and oxygen atoms in total. The normalized spacial score (nSPS) is 14.5. The number of nitrogens with one attached hydrogen (secondary N) is 1. The van der Waals surface area contributed by atoms with E-state index in [-0.39, 0.29) is 11.8 Å². The Morgan fingerprint density at radius 1 is 1.03 bits per heavy atom. The van der Waals surface area contributed by atoms with Crippen molar-refractivity contribution in [3.63, 3.8) is 0 Å². The Morgan fingerprint density at radius 2 is 1.80 bits per heavy atom. The van der Waals surface area contributed by atoms with E-state index in [4.69, 9.17) is 9.72 Å². The third-order valence-electron chi connectivity index (χ3n) is 7.22. The van der Waals surface area contributed by atoms with Gasteiger partial charge in [0.2, 0.25) is 5.91 Å². The van der Waals surface area contributed by atoms with E-state index in [0.29, 0.717) is 12.5 Å². The Hall–Kier alpha value is -2.82. The van der Waals surface area contributed by atoms with Crippen LogP contribution in [0.5, 0.6) is 5.75 Å². The lowest BCUT2D eigenvalue weighted by atomic mass is 9.89. The highest BCUT2D eigenvalue weighted by Crippen LogP contribution is 2.24. The molecule has 1 amide bonds. The summed E-state index contributed by atoms with van der Waals surface area (Å²) in [6, 6.07) is 16.8. The summed E-state index contributed by atoms with van der Waals surface area (Å²) in [5, 5.41) is 3.16. The number of ether oxygens (including phenoxy) is 1. The van der Waals surface area contributed by atoms with Crippen molar-refractivity contribution in [1.29, 1.82) is 0 Å². The number of rotatable bonds is 12. The predicted molar refractivity (Wildman–Crippen MR) is 143 cm³/mol. The molecule has 1 heterocycles. The number of unbranched alkanes of at least 4 members (excludes halogenated alkanes) is 2. The Labute approximate surface area is 210 Å². The van der Waals surface area contributed by atoms with Gasteiger partial charge in [-0.3, -0.25) is 4.79 Å². The van der Waals surface area contributed by atoms with E-state index in [9.17, 15) is 4.79 Å². The number of carbonyl (C=O) groups is 1. The Balaban J connectivity index is 1.25. The molecule has 1 aromatic heterocycles. The van der Waals surface area contributed by atoms with E-state index < -0.39 is 0 Å². The summed E-state index contributed by atoms with van der Waals surface area (Å²) < 4.78 is 8.37. The number of nitrogens with zero attached hydrogens (tertiary/aromatic N) is 2. The van der Waals surface area contributed by atoms with Crippen LogP contribution in [-0.4, -0.2) is 28.6 Å². The average Bonchev–Trinajstić information content (AvgIpc) is 3.24. The lowest BCUT2D eigenvalue weighted by Crippen LogP contribution is -2.32. The van der Waals surface area contributed by atoms with E-state index in [0.717, 1.165) is 68.7 Å². The Morgan fingerprint density at radius 3 is 2.57 bits per heavy atom. The van der Waals surface area contributed by atoms with Crippen molar-refractivity contribution < 1.29 is 9.53 Å². The second-order valence-corrected chi connectivity index (χ2v) is 10.2. The quantitative estimate of drug-likeness (QED) is 0.298. The first-order chi connectivity index (χ1) is 17.1. The molecule has 1 aliphatic carbocycles. The highest BCUT2D eigenvalue weighted by atomic mass is 16.5. The predicted octanol–water partition coefficient (Wildman–Crippen LogP) is 6.65. The number of carbonyl (C=O) groups excluding carboxylic acids is 1. The van der Waals surface area contributed by atoms with E-state index >= 15 is 0 Å². The summed E-state index contributed by atoms with van der Waals surface area (Å²) in [5.74, 6) is 3.08. The monoisotopic (exact) mass is 475 g/mol. The zero-order valence-corrected chi connectivity index (χ0v) is 21.5. The standard InChI is InChI=1S/C30H41N3O2/c1-23(2)24-16-18-26(19-17-24)35-22-21-33-28-14-9-8-13-27(28)32-29(33)15-7-4-10-20-31-30(34)25-11-5-3-6-12-25/h8-9,13-14,16-19,23,25H,3-7,10-12,15,20-22H2,1-2H3,(H,31,34). The number of hydrogen-bond donors (Lipinski definition) is 1. The molecule has 5 heteroatoms. The number of para-hydroxylation sites is 2. The number of imidazole rings is 1. The maximum atomic E-state index is 12.3. The van der Waals surface area contributed by atoms with Gasteiger partial charge in [0.05, 0.1) is 17.6 Å². The first kappa shape index (κ1) is 25.3. The molecule has 0 aliphatic heterocycles. The molecule has 35 heavy (non-hydrogen) atoms. The summed E-state index contributed by atoms with van der Waals surface area (Å²) in [4.78, 5) is 17.2. The van der Waals surface area contributed by atoms with Crippen LogP contribution in [0.25, 0.3) is 11.0 Å². The van der Waals surface area contributed by atoms with Gasteiger partial charge in [-0.25, -0.2) is 4.98 Å². The van der Waals surface area contributed by atoms with E-state index in [1.165, 1.54) is 30.3 Å². The molecular weight excluding hydrogens is 434 g/mol. The minimum Gasteiger partial charge on any atom is -0.492 e. The molecule has 1 aliphatic rings. The van der Waals surface area contributed by atoms with E-state index in [2.05, 4.69) is 66.2 Å². The maximum Gasteiger partial charge on any atom is 0.223 e. The van der Waals surface area contributed by atoms with Crippen molar-refractivity contribution in [1.82, 2.24) is 14.9 Å². The number of aromatic nitrogens is 2. The Kier molecular flexibility index (Phi) is 9.21. The van der Waals surface area contributed by atoms with Gasteiger partial charge in [0, 0.05) is 18.9 Å². The van der Waals surface area contributed by atoms with Crippen LogP contribution in [0, 0.1) is 5.92 Å². The molecule has 0 bridgehead atoms. The largest absolute Gasteiger partial charge is 0.492 e. The van der Waals surface area contributed by atoms with Crippen molar-refractivity contribution in [2.45, 2.75) is 84.1 Å². The summed E-state index contributed by atoms with van der Waals surface area (Å²) >= 11 is 0. The SMILES string of the molecule is CC(C)c1ccc(OCCn2c(CCCCCNC(=O)C3CCCCC3)nc3ccccc32)cc1. The zero-order chi connectivity index (χ0) is 24.5. The van der Waals surface area contributed by atoms with Crippen LogP contribution in [-0.2, 0) is 17.8 Å². The van der Waals surface area contributed by atoms with Crippen LogP contribution in [0.1, 0.15) is 82.5 Å². The van der Waals surface area contributed by atoms with Crippen LogP contribution in [0.3, 0.4) is 0 Å². The fraction of sp³-hybridized carbons (Fsp3) is 0.533. The van der Waals surface area contributed by atoms with Crippen LogP contribution in [0.15, 0.2) is 48.5 Å². The van der Waals surface area contributed by atoms with Gasteiger partial charge in [-0.15, -0.1) is 0 Å². The molecule has 1 fully saturated rings. The third-order valence-corrected chi connectivity index (χ3v) is 7.22. The van der Waals surface area contributed by atoms with Gasteiger partial charge in [-0.05, 0) is 61.4 Å². The molecule has 0 unspecified atom stereocenters. The molecule has 0 radical (unpaired) electrons. The first-order valence-corrected chi connectivity index (χ1v) is 13.6. The van der Waals surface area contributed by atoms with Crippen LogP contribution in [0.2, 0.25) is 0 Å². The van der Waals surface area contributed by atoms with Crippen molar-refractivity contribution >= 4 is 16.9 Å². The summed E-state index contributed by atoms with van der Waals surface area (Å²) in [5.41, 5.74) is 3.54. The minimum atomic E-state index is 0.249. The molecule has 1 saturated carbocycles. The third kappa shape index (κ3) is 7.09. The first-order valence-electron chi connectivity index (χ1n) is 13.6. The summed E-state index contributed by atoms with van der Waals surface area (Å²) in [7, 11) is 0. The Bertz CT molecular complexity index is 1060. The van der Waals surface area contributed by atoms with Gasteiger partial charge in [0.25, 0.3) is 0 Å². The molecule has 188 valence electrons. The van der Waals surface area contributed by atoms with Gasteiger partial charge in [-0.1, -0.05) is 63.8 Å².